The van der Waals surface area contributed by atoms with Gasteiger partial charge in [-0.15, -0.1) is 24.0 Å². The van der Waals surface area contributed by atoms with E-state index in [-0.39, 0.29) is 36.3 Å². The van der Waals surface area contributed by atoms with E-state index in [0.29, 0.717) is 11.6 Å². The first-order valence-corrected chi connectivity index (χ1v) is 8.46. The van der Waals surface area contributed by atoms with Gasteiger partial charge in [-0.1, -0.05) is 30.4 Å². The average molecular weight is 460 g/mol. The Morgan fingerprint density at radius 2 is 2.08 bits per heavy atom. The molecule has 2 aliphatic rings. The lowest BCUT2D eigenvalue weighted by Gasteiger charge is -2.26. The van der Waals surface area contributed by atoms with Crippen LogP contribution < -0.4 is 5.32 Å². The van der Waals surface area contributed by atoms with Crippen LogP contribution in [0, 0.1) is 5.82 Å². The lowest BCUT2D eigenvalue weighted by atomic mass is 10.1. The molecule has 3 rings (SSSR count). The van der Waals surface area contributed by atoms with E-state index in [0.717, 1.165) is 38.6 Å². The molecule has 2 N–H and O–H groups in total. The molecule has 2 heterocycles. The lowest BCUT2D eigenvalue weighted by Crippen LogP contribution is -2.44. The number of rotatable bonds is 4. The Bertz CT molecular complexity index is 617. The Hall–Kier alpha value is -1.19. The summed E-state index contributed by atoms with van der Waals surface area (Å²) in [4.78, 5) is 8.98. The maximum Gasteiger partial charge on any atom is 0.193 e. The highest BCUT2D eigenvalue weighted by atomic mass is 127. The van der Waals surface area contributed by atoms with Crippen LogP contribution in [0.25, 0.3) is 0 Å². The summed E-state index contributed by atoms with van der Waals surface area (Å²) in [5.74, 6) is 0.379. The van der Waals surface area contributed by atoms with Crippen LogP contribution in [-0.4, -0.2) is 66.7 Å². The SMILES string of the molecule is CN=C(NCC(O)c1ccccc1F)N1CCC(N2CC=CC2)C1.I. The van der Waals surface area contributed by atoms with Crippen LogP contribution >= 0.6 is 24.0 Å². The Balaban J connectivity index is 0.00000225. The molecule has 2 aliphatic heterocycles. The number of benzene rings is 1. The number of hydrogen-bond acceptors (Lipinski definition) is 3. The van der Waals surface area contributed by atoms with Gasteiger partial charge in [0.1, 0.15) is 5.82 Å². The number of halogens is 2. The van der Waals surface area contributed by atoms with Crippen LogP contribution in [-0.2, 0) is 0 Å². The van der Waals surface area contributed by atoms with Gasteiger partial charge in [-0.05, 0) is 12.5 Å². The minimum absolute atomic E-state index is 0. The van der Waals surface area contributed by atoms with E-state index in [4.69, 9.17) is 0 Å². The van der Waals surface area contributed by atoms with Crippen molar-refractivity contribution in [2.75, 3.05) is 39.8 Å². The van der Waals surface area contributed by atoms with Crippen LogP contribution in [0.15, 0.2) is 41.4 Å². The van der Waals surface area contributed by atoms with Gasteiger partial charge < -0.3 is 15.3 Å². The standard InChI is InChI=1S/C18H25FN4O.HI/c1-20-18(21-12-17(24)15-6-2-3-7-16(15)19)23-11-8-14(13-23)22-9-4-5-10-22;/h2-7,14,17,24H,8-13H2,1H3,(H,20,21);1H. The summed E-state index contributed by atoms with van der Waals surface area (Å²) in [5.41, 5.74) is 0.308. The van der Waals surface area contributed by atoms with Crippen molar-refractivity contribution < 1.29 is 9.50 Å². The zero-order chi connectivity index (χ0) is 16.9. The third kappa shape index (κ3) is 4.92. The van der Waals surface area contributed by atoms with E-state index >= 15 is 0 Å². The zero-order valence-electron chi connectivity index (χ0n) is 14.4. The molecule has 0 spiro atoms. The predicted molar refractivity (Wildman–Crippen MR) is 109 cm³/mol. The van der Waals surface area contributed by atoms with Gasteiger partial charge in [0.15, 0.2) is 5.96 Å². The Kier molecular flexibility index (Phi) is 7.64. The van der Waals surface area contributed by atoms with Gasteiger partial charge in [-0.25, -0.2) is 4.39 Å². The molecule has 0 saturated carbocycles. The molecule has 0 amide bonds. The van der Waals surface area contributed by atoms with Crippen molar-refractivity contribution in [1.29, 1.82) is 0 Å². The van der Waals surface area contributed by atoms with Crippen molar-refractivity contribution in [1.82, 2.24) is 15.1 Å². The number of nitrogens with zero attached hydrogens (tertiary/aromatic N) is 3. The van der Waals surface area contributed by atoms with Gasteiger partial charge >= 0.3 is 0 Å². The van der Waals surface area contributed by atoms with E-state index in [1.165, 1.54) is 6.07 Å². The first-order valence-electron chi connectivity index (χ1n) is 8.46. The molecular formula is C18H26FIN4O. The van der Waals surface area contributed by atoms with E-state index in [9.17, 15) is 9.50 Å². The molecule has 1 fully saturated rings. The molecular weight excluding hydrogens is 434 g/mol. The van der Waals surface area contributed by atoms with Crippen LogP contribution in [0.2, 0.25) is 0 Å². The summed E-state index contributed by atoms with van der Waals surface area (Å²) < 4.78 is 13.7. The van der Waals surface area contributed by atoms with E-state index < -0.39 is 6.10 Å². The molecule has 138 valence electrons. The molecule has 0 bridgehead atoms. The van der Waals surface area contributed by atoms with Gasteiger partial charge in [-0.2, -0.15) is 0 Å². The van der Waals surface area contributed by atoms with Crippen LogP contribution in [0.1, 0.15) is 18.1 Å². The minimum atomic E-state index is -0.899. The monoisotopic (exact) mass is 460 g/mol. The van der Waals surface area contributed by atoms with Crippen molar-refractivity contribution >= 4 is 29.9 Å². The lowest BCUT2D eigenvalue weighted by molar-refractivity contribution is 0.175. The van der Waals surface area contributed by atoms with Gasteiger partial charge in [-0.3, -0.25) is 9.89 Å². The molecule has 0 radical (unpaired) electrons. The molecule has 25 heavy (non-hydrogen) atoms. The van der Waals surface area contributed by atoms with E-state index in [1.807, 2.05) is 0 Å². The summed E-state index contributed by atoms with van der Waals surface area (Å²) >= 11 is 0. The number of likely N-dealkylation sites (tertiary alicyclic amines) is 1. The number of aliphatic imine (C=N–C) groups is 1. The quantitative estimate of drug-likeness (QED) is 0.313. The summed E-state index contributed by atoms with van der Waals surface area (Å²) in [6.45, 7) is 4.15. The third-order valence-corrected chi connectivity index (χ3v) is 4.76. The van der Waals surface area contributed by atoms with Crippen molar-refractivity contribution in [3.05, 3.63) is 47.8 Å². The topological polar surface area (TPSA) is 51.1 Å². The first kappa shape index (κ1) is 20.1. The largest absolute Gasteiger partial charge is 0.386 e. The fourth-order valence-corrected chi connectivity index (χ4v) is 3.40. The Morgan fingerprint density at radius 1 is 1.36 bits per heavy atom. The molecule has 1 aromatic carbocycles. The minimum Gasteiger partial charge on any atom is -0.386 e. The molecule has 2 unspecified atom stereocenters. The highest BCUT2D eigenvalue weighted by Gasteiger charge is 2.29. The molecule has 5 nitrogen and oxygen atoms in total. The van der Waals surface area contributed by atoms with E-state index in [1.54, 1.807) is 25.2 Å². The molecule has 1 saturated heterocycles. The van der Waals surface area contributed by atoms with Crippen molar-refractivity contribution in [3.8, 4) is 0 Å². The number of hydrogen-bond donors (Lipinski definition) is 2. The normalized spacial score (nSPS) is 22.1. The van der Waals surface area contributed by atoms with Crippen molar-refractivity contribution in [2.24, 2.45) is 4.99 Å². The fraction of sp³-hybridized carbons (Fsp3) is 0.500. The maximum atomic E-state index is 13.7. The summed E-state index contributed by atoms with van der Waals surface area (Å²) in [6, 6.07) is 6.86. The number of aliphatic hydroxyl groups is 1. The maximum absolute atomic E-state index is 13.7. The van der Waals surface area contributed by atoms with Crippen molar-refractivity contribution in [3.63, 3.8) is 0 Å². The summed E-state index contributed by atoms with van der Waals surface area (Å²) in [5, 5.41) is 13.4. The first-order chi connectivity index (χ1) is 11.7. The highest BCUT2D eigenvalue weighted by molar-refractivity contribution is 14.0. The van der Waals surface area contributed by atoms with Gasteiger partial charge in [0.2, 0.25) is 0 Å². The van der Waals surface area contributed by atoms with Crippen LogP contribution in [0.4, 0.5) is 4.39 Å². The molecule has 0 aliphatic carbocycles. The predicted octanol–water partition coefficient (Wildman–Crippen LogP) is 2.00. The second-order valence-electron chi connectivity index (χ2n) is 6.28. The summed E-state index contributed by atoms with van der Waals surface area (Å²) in [7, 11) is 1.74. The smallest absolute Gasteiger partial charge is 0.193 e. The average Bonchev–Trinajstić information content (AvgIpc) is 3.27. The number of guanidine groups is 1. The van der Waals surface area contributed by atoms with Crippen molar-refractivity contribution in [2.45, 2.75) is 18.6 Å². The van der Waals surface area contributed by atoms with Crippen LogP contribution in [0.3, 0.4) is 0 Å². The highest BCUT2D eigenvalue weighted by Crippen LogP contribution is 2.19. The molecule has 7 heteroatoms. The van der Waals surface area contributed by atoms with E-state index in [2.05, 4.69) is 32.3 Å². The Labute approximate surface area is 165 Å². The molecule has 1 aromatic rings. The second-order valence-corrected chi connectivity index (χ2v) is 6.28. The number of nitrogens with one attached hydrogen (secondary N) is 1. The third-order valence-electron chi connectivity index (χ3n) is 4.76. The molecule has 2 atom stereocenters. The molecule has 0 aromatic heterocycles. The zero-order valence-corrected chi connectivity index (χ0v) is 16.8. The van der Waals surface area contributed by atoms with Gasteiger partial charge in [0.05, 0.1) is 6.10 Å². The second kappa shape index (κ2) is 9.49. The fourth-order valence-electron chi connectivity index (χ4n) is 3.40. The van der Waals surface area contributed by atoms with Gasteiger partial charge in [0, 0.05) is 51.4 Å². The number of aliphatic hydroxyl groups excluding tert-OH is 1. The summed E-state index contributed by atoms with van der Waals surface area (Å²) in [6.07, 6.45) is 4.63. The Morgan fingerprint density at radius 3 is 2.76 bits per heavy atom. The van der Waals surface area contributed by atoms with Gasteiger partial charge in [0.25, 0.3) is 0 Å². The van der Waals surface area contributed by atoms with Crippen LogP contribution in [0.5, 0.6) is 0 Å².